The summed E-state index contributed by atoms with van der Waals surface area (Å²) in [4.78, 5) is 4.72. The van der Waals surface area contributed by atoms with Crippen molar-refractivity contribution in [3.63, 3.8) is 0 Å². The summed E-state index contributed by atoms with van der Waals surface area (Å²) in [6.45, 7) is 4.40. The van der Waals surface area contributed by atoms with Gasteiger partial charge in [-0.1, -0.05) is 48.5 Å². The summed E-state index contributed by atoms with van der Waals surface area (Å²) in [6, 6.07) is 27.7. The molecule has 0 atom stereocenters. The minimum absolute atomic E-state index is 1.00. The molecule has 0 saturated carbocycles. The lowest BCUT2D eigenvalue weighted by Gasteiger charge is -2.12. The van der Waals surface area contributed by atoms with Crippen LogP contribution < -0.4 is 0 Å². The number of benzene rings is 3. The van der Waals surface area contributed by atoms with Crippen LogP contribution in [0, 0.1) is 13.8 Å². The van der Waals surface area contributed by atoms with Gasteiger partial charge in [0.2, 0.25) is 0 Å². The van der Waals surface area contributed by atoms with E-state index in [9.17, 15) is 0 Å². The number of rotatable bonds is 2. The lowest BCUT2D eigenvalue weighted by atomic mass is 9.94. The lowest BCUT2D eigenvalue weighted by molar-refractivity contribution is 1.14. The molecule has 0 aliphatic rings. The molecule has 0 bridgehead atoms. The second-order valence-electron chi connectivity index (χ2n) is 6.99. The highest BCUT2D eigenvalue weighted by atomic mass is 15.0. The standard InChI is InChI=1S/C25H20N2/c1-17-9-6-7-12-20(17)21-14-15-23-24(18(21)2)22-13-8-16-26-25(22)27(23)19-10-4-3-5-11-19/h3-16H,1-2H3. The van der Waals surface area contributed by atoms with E-state index >= 15 is 0 Å². The maximum Gasteiger partial charge on any atom is 0.145 e. The van der Waals surface area contributed by atoms with Gasteiger partial charge < -0.3 is 0 Å². The maximum absolute atomic E-state index is 4.72. The number of fused-ring (bicyclic) bond motifs is 3. The molecule has 2 heterocycles. The van der Waals surface area contributed by atoms with Gasteiger partial charge in [0.15, 0.2) is 0 Å². The zero-order valence-electron chi connectivity index (χ0n) is 15.5. The molecule has 2 nitrogen and oxygen atoms in total. The molecule has 27 heavy (non-hydrogen) atoms. The summed E-state index contributed by atoms with van der Waals surface area (Å²) in [5.74, 6) is 0. The normalized spacial score (nSPS) is 11.3. The van der Waals surface area contributed by atoms with Crippen molar-refractivity contribution in [2.45, 2.75) is 13.8 Å². The molecule has 5 rings (SSSR count). The van der Waals surface area contributed by atoms with E-state index in [0.717, 1.165) is 11.3 Å². The summed E-state index contributed by atoms with van der Waals surface area (Å²) >= 11 is 0. The van der Waals surface area contributed by atoms with Crippen molar-refractivity contribution in [2.24, 2.45) is 0 Å². The van der Waals surface area contributed by atoms with Gasteiger partial charge in [-0.05, 0) is 66.4 Å². The number of aryl methyl sites for hydroxylation is 2. The Hall–Kier alpha value is -3.39. The predicted octanol–water partition coefficient (Wildman–Crippen LogP) is 6.46. The minimum Gasteiger partial charge on any atom is -0.294 e. The van der Waals surface area contributed by atoms with E-state index in [0.29, 0.717) is 0 Å². The molecule has 3 aromatic carbocycles. The number of nitrogens with zero attached hydrogens (tertiary/aromatic N) is 2. The first kappa shape index (κ1) is 15.8. The molecule has 0 aliphatic carbocycles. The fraction of sp³-hybridized carbons (Fsp3) is 0.0800. The third-order valence-corrected chi connectivity index (χ3v) is 5.40. The van der Waals surface area contributed by atoms with Gasteiger partial charge in [0, 0.05) is 22.7 Å². The fourth-order valence-electron chi connectivity index (χ4n) is 4.11. The van der Waals surface area contributed by atoms with Crippen LogP contribution in [0.3, 0.4) is 0 Å². The van der Waals surface area contributed by atoms with Crippen LogP contribution in [0.25, 0.3) is 38.8 Å². The van der Waals surface area contributed by atoms with Gasteiger partial charge in [-0.25, -0.2) is 4.98 Å². The Balaban J connectivity index is 1.91. The van der Waals surface area contributed by atoms with Crippen LogP contribution >= 0.6 is 0 Å². The van der Waals surface area contributed by atoms with E-state index in [-0.39, 0.29) is 0 Å². The van der Waals surface area contributed by atoms with Crippen molar-refractivity contribution in [3.8, 4) is 16.8 Å². The highest BCUT2D eigenvalue weighted by molar-refractivity contribution is 6.11. The highest BCUT2D eigenvalue weighted by Crippen LogP contribution is 2.38. The third kappa shape index (κ3) is 2.37. The Kier molecular flexibility index (Phi) is 3.58. The van der Waals surface area contributed by atoms with Gasteiger partial charge in [-0.3, -0.25) is 4.57 Å². The highest BCUT2D eigenvalue weighted by Gasteiger charge is 2.17. The predicted molar refractivity (Wildman–Crippen MR) is 113 cm³/mol. The largest absolute Gasteiger partial charge is 0.294 e. The molecule has 0 radical (unpaired) electrons. The zero-order valence-corrected chi connectivity index (χ0v) is 15.5. The molecule has 0 fully saturated rings. The molecule has 0 unspecified atom stereocenters. The quantitative estimate of drug-likeness (QED) is 0.358. The van der Waals surface area contributed by atoms with E-state index in [1.54, 1.807) is 0 Å². The van der Waals surface area contributed by atoms with Gasteiger partial charge in [0.05, 0.1) is 5.52 Å². The number of pyridine rings is 1. The second kappa shape index (κ2) is 6.10. The fourth-order valence-corrected chi connectivity index (χ4v) is 4.11. The number of aromatic nitrogens is 2. The van der Waals surface area contributed by atoms with Crippen molar-refractivity contribution < 1.29 is 0 Å². The van der Waals surface area contributed by atoms with Gasteiger partial charge in [0.25, 0.3) is 0 Å². The maximum atomic E-state index is 4.72. The molecule has 5 aromatic rings. The molecule has 0 amide bonds. The summed E-state index contributed by atoms with van der Waals surface area (Å²) in [5.41, 5.74) is 8.52. The smallest absolute Gasteiger partial charge is 0.145 e. The Morgan fingerprint density at radius 2 is 1.48 bits per heavy atom. The number of para-hydroxylation sites is 1. The van der Waals surface area contributed by atoms with Crippen molar-refractivity contribution in [1.29, 1.82) is 0 Å². The van der Waals surface area contributed by atoms with Gasteiger partial charge in [0.1, 0.15) is 5.65 Å². The van der Waals surface area contributed by atoms with E-state index in [2.05, 4.69) is 85.1 Å². The van der Waals surface area contributed by atoms with Gasteiger partial charge in [-0.2, -0.15) is 0 Å². The van der Waals surface area contributed by atoms with Crippen molar-refractivity contribution in [2.75, 3.05) is 0 Å². The molecule has 130 valence electrons. The number of hydrogen-bond donors (Lipinski definition) is 0. The van der Waals surface area contributed by atoms with Crippen molar-refractivity contribution >= 4 is 21.9 Å². The first-order chi connectivity index (χ1) is 13.3. The molecular weight excluding hydrogens is 328 g/mol. The molecule has 0 N–H and O–H groups in total. The van der Waals surface area contributed by atoms with E-state index in [4.69, 9.17) is 4.98 Å². The first-order valence-electron chi connectivity index (χ1n) is 9.26. The van der Waals surface area contributed by atoms with Crippen LogP contribution in [0.2, 0.25) is 0 Å². The minimum atomic E-state index is 1.00. The Morgan fingerprint density at radius 1 is 0.704 bits per heavy atom. The Labute approximate surface area is 158 Å². The summed E-state index contributed by atoms with van der Waals surface area (Å²) in [7, 11) is 0. The third-order valence-electron chi connectivity index (χ3n) is 5.40. The summed E-state index contributed by atoms with van der Waals surface area (Å²) in [6.07, 6.45) is 1.87. The van der Waals surface area contributed by atoms with Crippen LogP contribution in [-0.4, -0.2) is 9.55 Å². The van der Waals surface area contributed by atoms with Crippen molar-refractivity contribution in [3.05, 3.63) is 96.2 Å². The van der Waals surface area contributed by atoms with Crippen molar-refractivity contribution in [1.82, 2.24) is 9.55 Å². The van der Waals surface area contributed by atoms with Crippen LogP contribution in [0.1, 0.15) is 11.1 Å². The Bertz CT molecular complexity index is 1280. The lowest BCUT2D eigenvalue weighted by Crippen LogP contribution is -1.95. The van der Waals surface area contributed by atoms with Crippen LogP contribution in [0.15, 0.2) is 85.1 Å². The average molecular weight is 348 g/mol. The molecule has 2 heteroatoms. The van der Waals surface area contributed by atoms with Crippen LogP contribution in [0.4, 0.5) is 0 Å². The van der Waals surface area contributed by atoms with Crippen LogP contribution in [0.5, 0.6) is 0 Å². The van der Waals surface area contributed by atoms with E-state index in [1.165, 1.54) is 38.5 Å². The number of hydrogen-bond acceptors (Lipinski definition) is 1. The zero-order chi connectivity index (χ0) is 18.4. The Morgan fingerprint density at radius 3 is 2.30 bits per heavy atom. The van der Waals surface area contributed by atoms with E-state index in [1.807, 2.05) is 18.3 Å². The average Bonchev–Trinajstić information content (AvgIpc) is 3.05. The SMILES string of the molecule is Cc1ccccc1-c1ccc2c(c1C)c1cccnc1n2-c1ccccc1. The molecule has 0 aliphatic heterocycles. The van der Waals surface area contributed by atoms with Gasteiger partial charge in [-0.15, -0.1) is 0 Å². The first-order valence-corrected chi connectivity index (χ1v) is 9.26. The van der Waals surface area contributed by atoms with Crippen LogP contribution in [-0.2, 0) is 0 Å². The molecule has 2 aromatic heterocycles. The second-order valence-corrected chi connectivity index (χ2v) is 6.99. The molecule has 0 spiro atoms. The van der Waals surface area contributed by atoms with E-state index < -0.39 is 0 Å². The van der Waals surface area contributed by atoms with Gasteiger partial charge >= 0.3 is 0 Å². The summed E-state index contributed by atoms with van der Waals surface area (Å²) < 4.78 is 2.26. The molecule has 0 saturated heterocycles. The topological polar surface area (TPSA) is 17.8 Å². The molecular formula is C25H20N2. The summed E-state index contributed by atoms with van der Waals surface area (Å²) in [5, 5.41) is 2.48. The monoisotopic (exact) mass is 348 g/mol.